The van der Waals surface area contributed by atoms with E-state index < -0.39 is 0 Å². The molecule has 3 rings (SSSR count). The van der Waals surface area contributed by atoms with Gasteiger partial charge >= 0.3 is 0 Å². The zero-order chi connectivity index (χ0) is 14.1. The number of halogens is 1. The fourth-order valence-electron chi connectivity index (χ4n) is 2.34. The van der Waals surface area contributed by atoms with Crippen molar-refractivity contribution in [3.05, 3.63) is 42.1 Å². The lowest BCUT2D eigenvalue weighted by molar-refractivity contribution is 0.102. The van der Waals surface area contributed by atoms with Gasteiger partial charge in [-0.2, -0.15) is 5.10 Å². The average molecular weight is 307 g/mol. The zero-order valence-corrected chi connectivity index (χ0v) is 12.6. The standard InChI is InChI=1S/C15H18N4O.ClH/c1-10(11-2-3-11)19-14(8-9-17-19)18-15(20)12-4-6-13(16)7-5-12;/h4-11H,2-3,16H2,1H3,(H,18,20);1H. The third kappa shape index (κ3) is 3.36. The summed E-state index contributed by atoms with van der Waals surface area (Å²) in [5, 5.41) is 7.23. The summed E-state index contributed by atoms with van der Waals surface area (Å²) in [5.41, 5.74) is 6.86. The number of benzene rings is 1. The molecule has 5 nitrogen and oxygen atoms in total. The topological polar surface area (TPSA) is 72.9 Å². The zero-order valence-electron chi connectivity index (χ0n) is 11.8. The minimum absolute atomic E-state index is 0. The van der Waals surface area contributed by atoms with Crippen LogP contribution in [0.5, 0.6) is 0 Å². The lowest BCUT2D eigenvalue weighted by atomic mass is 10.2. The molecular weight excluding hydrogens is 288 g/mol. The normalized spacial score (nSPS) is 15.1. The van der Waals surface area contributed by atoms with Crippen LogP contribution in [-0.2, 0) is 0 Å². The number of rotatable bonds is 4. The second kappa shape index (κ2) is 6.18. The summed E-state index contributed by atoms with van der Waals surface area (Å²) in [6, 6.07) is 9.03. The van der Waals surface area contributed by atoms with E-state index in [9.17, 15) is 4.79 Å². The minimum atomic E-state index is -0.144. The van der Waals surface area contributed by atoms with Crippen molar-refractivity contribution < 1.29 is 4.79 Å². The molecule has 1 aliphatic rings. The molecule has 6 heteroatoms. The van der Waals surface area contributed by atoms with Gasteiger partial charge in [0.05, 0.1) is 12.2 Å². The lowest BCUT2D eigenvalue weighted by Gasteiger charge is -2.15. The predicted octanol–water partition coefficient (Wildman–Crippen LogP) is 3.11. The molecule has 1 aromatic carbocycles. The molecule has 0 spiro atoms. The summed E-state index contributed by atoms with van der Waals surface area (Å²) in [6.07, 6.45) is 4.20. The van der Waals surface area contributed by atoms with E-state index in [1.165, 1.54) is 12.8 Å². The number of carbonyl (C=O) groups is 1. The highest BCUT2D eigenvalue weighted by Gasteiger charge is 2.30. The van der Waals surface area contributed by atoms with Crippen LogP contribution in [0.1, 0.15) is 36.2 Å². The Kier molecular flexibility index (Phi) is 4.53. The highest BCUT2D eigenvalue weighted by Crippen LogP contribution is 2.40. The van der Waals surface area contributed by atoms with E-state index in [1.54, 1.807) is 30.5 Å². The highest BCUT2D eigenvalue weighted by atomic mass is 35.5. The molecule has 1 aliphatic carbocycles. The smallest absolute Gasteiger partial charge is 0.256 e. The van der Waals surface area contributed by atoms with Crippen molar-refractivity contribution in [2.75, 3.05) is 11.1 Å². The number of nitrogen functional groups attached to an aromatic ring is 1. The molecule has 0 radical (unpaired) electrons. The first-order valence-electron chi connectivity index (χ1n) is 6.85. The maximum atomic E-state index is 12.2. The first-order valence-corrected chi connectivity index (χ1v) is 6.85. The SMILES string of the molecule is CC(C1CC1)n1nccc1NC(=O)c1ccc(N)cc1.Cl. The van der Waals surface area contributed by atoms with E-state index in [2.05, 4.69) is 17.3 Å². The number of nitrogens with one attached hydrogen (secondary N) is 1. The van der Waals surface area contributed by atoms with Gasteiger partial charge in [-0.25, -0.2) is 4.68 Å². The van der Waals surface area contributed by atoms with Crippen molar-refractivity contribution >= 4 is 29.8 Å². The molecule has 1 saturated carbocycles. The predicted molar refractivity (Wildman–Crippen MR) is 85.7 cm³/mol. The fourth-order valence-corrected chi connectivity index (χ4v) is 2.34. The minimum Gasteiger partial charge on any atom is -0.399 e. The average Bonchev–Trinajstić information content (AvgIpc) is 3.19. The van der Waals surface area contributed by atoms with Crippen LogP contribution in [0.4, 0.5) is 11.5 Å². The third-order valence-electron chi connectivity index (χ3n) is 3.77. The summed E-state index contributed by atoms with van der Waals surface area (Å²) in [4.78, 5) is 12.2. The molecule has 3 N–H and O–H groups in total. The van der Waals surface area contributed by atoms with Crippen LogP contribution in [0, 0.1) is 5.92 Å². The van der Waals surface area contributed by atoms with Crippen LogP contribution < -0.4 is 11.1 Å². The van der Waals surface area contributed by atoms with Crippen LogP contribution >= 0.6 is 12.4 Å². The summed E-state index contributed by atoms with van der Waals surface area (Å²) in [7, 11) is 0. The van der Waals surface area contributed by atoms with Crippen LogP contribution in [0.2, 0.25) is 0 Å². The van der Waals surface area contributed by atoms with Gasteiger partial charge in [0.2, 0.25) is 0 Å². The van der Waals surface area contributed by atoms with E-state index >= 15 is 0 Å². The number of nitrogens with two attached hydrogens (primary N) is 1. The maximum Gasteiger partial charge on any atom is 0.256 e. The van der Waals surface area contributed by atoms with E-state index in [0.717, 1.165) is 5.82 Å². The Labute approximate surface area is 129 Å². The number of amides is 1. The molecule has 0 aliphatic heterocycles. The molecule has 1 fully saturated rings. The summed E-state index contributed by atoms with van der Waals surface area (Å²) in [6.45, 7) is 2.14. The molecule has 1 heterocycles. The van der Waals surface area contributed by atoms with Crippen LogP contribution in [0.15, 0.2) is 36.5 Å². The fraction of sp³-hybridized carbons (Fsp3) is 0.333. The van der Waals surface area contributed by atoms with Crippen LogP contribution in [-0.4, -0.2) is 15.7 Å². The lowest BCUT2D eigenvalue weighted by Crippen LogP contribution is -2.18. The van der Waals surface area contributed by atoms with Gasteiger partial charge < -0.3 is 11.1 Å². The number of nitrogens with zero attached hydrogens (tertiary/aromatic N) is 2. The van der Waals surface area contributed by atoms with Gasteiger partial charge in [0.25, 0.3) is 5.91 Å². The molecule has 1 unspecified atom stereocenters. The van der Waals surface area contributed by atoms with Gasteiger partial charge in [0, 0.05) is 17.3 Å². The highest BCUT2D eigenvalue weighted by molar-refractivity contribution is 6.03. The second-order valence-corrected chi connectivity index (χ2v) is 5.32. The van der Waals surface area contributed by atoms with Gasteiger partial charge in [0.1, 0.15) is 5.82 Å². The molecule has 0 bridgehead atoms. The van der Waals surface area contributed by atoms with E-state index in [4.69, 9.17) is 5.73 Å². The van der Waals surface area contributed by atoms with Crippen molar-refractivity contribution in [1.29, 1.82) is 0 Å². The number of aromatic nitrogens is 2. The number of hydrogen-bond donors (Lipinski definition) is 2. The Morgan fingerprint density at radius 1 is 1.33 bits per heavy atom. The molecule has 1 atom stereocenters. The second-order valence-electron chi connectivity index (χ2n) is 5.32. The summed E-state index contributed by atoms with van der Waals surface area (Å²) < 4.78 is 1.90. The molecule has 0 saturated heterocycles. The largest absolute Gasteiger partial charge is 0.399 e. The number of carbonyl (C=O) groups excluding carboxylic acids is 1. The molecule has 2 aromatic rings. The van der Waals surface area contributed by atoms with Crippen molar-refractivity contribution in [2.45, 2.75) is 25.8 Å². The molecule has 1 aromatic heterocycles. The Bertz CT molecular complexity index is 619. The molecule has 112 valence electrons. The summed E-state index contributed by atoms with van der Waals surface area (Å²) >= 11 is 0. The Morgan fingerprint density at radius 2 is 2.00 bits per heavy atom. The van der Waals surface area contributed by atoms with Crippen molar-refractivity contribution in [3.8, 4) is 0 Å². The Morgan fingerprint density at radius 3 is 2.62 bits per heavy atom. The van der Waals surface area contributed by atoms with E-state index in [-0.39, 0.29) is 18.3 Å². The maximum absolute atomic E-state index is 12.2. The van der Waals surface area contributed by atoms with Crippen LogP contribution in [0.3, 0.4) is 0 Å². The van der Waals surface area contributed by atoms with Gasteiger partial charge in [0.15, 0.2) is 0 Å². The van der Waals surface area contributed by atoms with Crippen molar-refractivity contribution in [2.24, 2.45) is 5.92 Å². The number of hydrogen-bond acceptors (Lipinski definition) is 3. The quantitative estimate of drug-likeness (QED) is 0.852. The van der Waals surface area contributed by atoms with Crippen molar-refractivity contribution in [3.63, 3.8) is 0 Å². The van der Waals surface area contributed by atoms with Crippen molar-refractivity contribution in [1.82, 2.24) is 9.78 Å². The molecule has 21 heavy (non-hydrogen) atoms. The number of anilines is 2. The monoisotopic (exact) mass is 306 g/mol. The summed E-state index contributed by atoms with van der Waals surface area (Å²) in [5.74, 6) is 1.28. The van der Waals surface area contributed by atoms with Gasteiger partial charge in [-0.1, -0.05) is 0 Å². The van der Waals surface area contributed by atoms with Crippen LogP contribution in [0.25, 0.3) is 0 Å². The van der Waals surface area contributed by atoms with E-state index in [0.29, 0.717) is 23.2 Å². The Balaban J connectivity index is 0.00000161. The van der Waals surface area contributed by atoms with Gasteiger partial charge in [-0.05, 0) is 49.9 Å². The first kappa shape index (κ1) is 15.4. The molecular formula is C15H19ClN4O. The first-order chi connectivity index (χ1) is 9.65. The van der Waals surface area contributed by atoms with Gasteiger partial charge in [-0.15, -0.1) is 12.4 Å². The van der Waals surface area contributed by atoms with E-state index in [1.807, 2.05) is 10.7 Å². The third-order valence-corrected chi connectivity index (χ3v) is 3.77. The van der Waals surface area contributed by atoms with Gasteiger partial charge in [-0.3, -0.25) is 4.79 Å². The molecule has 1 amide bonds. The Hall–Kier alpha value is -2.01.